The number of quaternary nitrogens is 1. The van der Waals surface area contributed by atoms with Crippen LogP contribution in [0.1, 0.15) is 27.7 Å². The molecule has 0 aliphatic carbocycles. The van der Waals surface area contributed by atoms with Crippen LogP contribution in [-0.4, -0.2) is 42.5 Å². The Morgan fingerprint density at radius 3 is 2.00 bits per heavy atom. The third-order valence-corrected chi connectivity index (χ3v) is 2.14. The molecule has 0 radical (unpaired) electrons. The Balaban J connectivity index is 0. The van der Waals surface area contributed by atoms with Crippen molar-refractivity contribution < 1.29 is 14.8 Å². The largest absolute Gasteiger partial charge is 0.870 e. The minimum atomic E-state index is 0. The molecule has 0 aromatic rings. The van der Waals surface area contributed by atoms with Crippen molar-refractivity contribution in [2.45, 2.75) is 27.7 Å². The highest BCUT2D eigenvalue weighted by molar-refractivity contribution is 5.78. The van der Waals surface area contributed by atoms with Gasteiger partial charge in [0, 0.05) is 0 Å². The highest BCUT2D eigenvalue weighted by Gasteiger charge is 2.16. The number of oxime groups is 1. The lowest BCUT2D eigenvalue weighted by atomic mass is 10.5. The lowest BCUT2D eigenvalue weighted by Crippen LogP contribution is -2.44. The maximum atomic E-state index is 5.20. The van der Waals surface area contributed by atoms with E-state index in [1.165, 1.54) is 0 Å². The molecule has 13 heavy (non-hydrogen) atoms. The van der Waals surface area contributed by atoms with Gasteiger partial charge in [-0.25, -0.2) is 0 Å². The Bertz CT molecular complexity index is 150. The fourth-order valence-electron chi connectivity index (χ4n) is 0.704. The van der Waals surface area contributed by atoms with E-state index in [1.807, 2.05) is 13.8 Å². The molecule has 0 rings (SSSR count). The number of hydrogen-bond donors (Lipinski definition) is 0. The summed E-state index contributed by atoms with van der Waals surface area (Å²) in [6.07, 6.45) is 0. The fraction of sp³-hybridized carbons (Fsp3) is 0.889. The molecule has 0 saturated heterocycles. The van der Waals surface area contributed by atoms with Crippen molar-refractivity contribution in [3.05, 3.63) is 0 Å². The summed E-state index contributed by atoms with van der Waals surface area (Å²) in [6.45, 7) is 11.0. The van der Waals surface area contributed by atoms with E-state index >= 15 is 0 Å². The molecule has 0 aromatic carbocycles. The molecule has 0 atom stereocenters. The van der Waals surface area contributed by atoms with Crippen molar-refractivity contribution in [1.82, 2.24) is 0 Å². The molecule has 4 heteroatoms. The smallest absolute Gasteiger partial charge is 0.248 e. The predicted molar refractivity (Wildman–Crippen MR) is 53.9 cm³/mol. The van der Waals surface area contributed by atoms with Crippen LogP contribution in [0, 0.1) is 0 Å². The van der Waals surface area contributed by atoms with Gasteiger partial charge in [-0.2, -0.15) is 0 Å². The van der Waals surface area contributed by atoms with E-state index in [4.69, 9.17) is 4.84 Å². The maximum absolute atomic E-state index is 5.20. The molecule has 0 aliphatic heterocycles. The van der Waals surface area contributed by atoms with E-state index in [-0.39, 0.29) is 5.48 Å². The Labute approximate surface area is 81.1 Å². The molecule has 1 N–H and O–H groups in total. The topological polar surface area (TPSA) is 51.6 Å². The molecule has 0 amide bonds. The van der Waals surface area contributed by atoms with Gasteiger partial charge < -0.3 is 10.3 Å². The molecule has 4 nitrogen and oxygen atoms in total. The first kappa shape index (κ1) is 14.9. The summed E-state index contributed by atoms with van der Waals surface area (Å²) in [5, 5.41) is 3.91. The highest BCUT2D eigenvalue weighted by atomic mass is 16.6. The van der Waals surface area contributed by atoms with Crippen molar-refractivity contribution in [2.24, 2.45) is 5.16 Å². The molecule has 0 fully saturated rings. The third kappa shape index (κ3) is 6.54. The molecule has 0 saturated carbocycles. The predicted octanol–water partition coefficient (Wildman–Crippen LogP) is 1.67. The zero-order chi connectivity index (χ0) is 9.61. The minimum Gasteiger partial charge on any atom is -0.870 e. The van der Waals surface area contributed by atoms with Crippen LogP contribution in [0.3, 0.4) is 0 Å². The van der Waals surface area contributed by atoms with E-state index in [9.17, 15) is 0 Å². The van der Waals surface area contributed by atoms with Gasteiger partial charge in [0.2, 0.25) is 6.73 Å². The van der Waals surface area contributed by atoms with E-state index in [1.54, 1.807) is 0 Å². The Hall–Kier alpha value is -0.610. The maximum Gasteiger partial charge on any atom is 0.248 e. The van der Waals surface area contributed by atoms with Gasteiger partial charge in [0.05, 0.1) is 25.8 Å². The Kier molecular flexibility index (Phi) is 7.85. The van der Waals surface area contributed by atoms with Gasteiger partial charge in [0.15, 0.2) is 0 Å². The van der Waals surface area contributed by atoms with Gasteiger partial charge in [-0.05, 0) is 27.7 Å². The second-order valence-electron chi connectivity index (χ2n) is 3.55. The zero-order valence-corrected chi connectivity index (χ0v) is 9.37. The van der Waals surface area contributed by atoms with Crippen molar-refractivity contribution in [3.63, 3.8) is 0 Å². The van der Waals surface area contributed by atoms with E-state index < -0.39 is 0 Å². The van der Waals surface area contributed by atoms with E-state index in [2.05, 4.69) is 26.1 Å². The average Bonchev–Trinajstić information content (AvgIpc) is 2.03. The SMILES string of the molecule is CC[N+](C)(CC)CON=C(C)C.[OH-]. The summed E-state index contributed by atoms with van der Waals surface area (Å²) >= 11 is 0. The van der Waals surface area contributed by atoms with Gasteiger partial charge in [0.1, 0.15) is 0 Å². The monoisotopic (exact) mass is 190 g/mol. The van der Waals surface area contributed by atoms with Gasteiger partial charge >= 0.3 is 0 Å². The van der Waals surface area contributed by atoms with Crippen molar-refractivity contribution >= 4 is 5.71 Å². The molecule has 80 valence electrons. The van der Waals surface area contributed by atoms with Gasteiger partial charge in [-0.3, -0.25) is 4.48 Å². The molecule has 0 aliphatic rings. The van der Waals surface area contributed by atoms with Crippen LogP contribution < -0.4 is 0 Å². The molecule has 0 spiro atoms. The van der Waals surface area contributed by atoms with Crippen LogP contribution >= 0.6 is 0 Å². The van der Waals surface area contributed by atoms with Gasteiger partial charge in [-0.1, -0.05) is 5.16 Å². The summed E-state index contributed by atoms with van der Waals surface area (Å²) in [6, 6.07) is 0. The number of nitrogens with zero attached hydrogens (tertiary/aromatic N) is 2. The highest BCUT2D eigenvalue weighted by Crippen LogP contribution is 2.01. The molecule has 0 aromatic heterocycles. The van der Waals surface area contributed by atoms with E-state index in [0.717, 1.165) is 23.3 Å². The van der Waals surface area contributed by atoms with Crippen LogP contribution in [0.25, 0.3) is 0 Å². The molecule has 0 heterocycles. The lowest BCUT2D eigenvalue weighted by molar-refractivity contribution is -0.925. The lowest BCUT2D eigenvalue weighted by Gasteiger charge is -2.29. The summed E-state index contributed by atoms with van der Waals surface area (Å²) in [5.41, 5.74) is 0.966. The van der Waals surface area contributed by atoms with Crippen LogP contribution in [0.15, 0.2) is 5.16 Å². The molecular formula is C9H22N2O2. The summed E-state index contributed by atoms with van der Waals surface area (Å²) in [5.74, 6) is 0. The van der Waals surface area contributed by atoms with Crippen molar-refractivity contribution in [1.29, 1.82) is 0 Å². The van der Waals surface area contributed by atoms with Crippen LogP contribution in [0.2, 0.25) is 0 Å². The van der Waals surface area contributed by atoms with Crippen LogP contribution in [0.4, 0.5) is 0 Å². The first-order valence-electron chi connectivity index (χ1n) is 4.50. The Morgan fingerprint density at radius 1 is 1.23 bits per heavy atom. The summed E-state index contributed by atoms with van der Waals surface area (Å²) < 4.78 is 0.913. The van der Waals surface area contributed by atoms with Crippen molar-refractivity contribution in [3.8, 4) is 0 Å². The Morgan fingerprint density at radius 2 is 1.69 bits per heavy atom. The van der Waals surface area contributed by atoms with Crippen LogP contribution in [0.5, 0.6) is 0 Å². The number of hydrogen-bond acceptors (Lipinski definition) is 3. The molecule has 0 unspecified atom stereocenters. The first-order chi connectivity index (χ1) is 5.54. The quantitative estimate of drug-likeness (QED) is 0.286. The van der Waals surface area contributed by atoms with Crippen LogP contribution in [-0.2, 0) is 4.84 Å². The summed E-state index contributed by atoms with van der Waals surface area (Å²) in [4.78, 5) is 5.20. The molecular weight excluding hydrogens is 168 g/mol. The standard InChI is InChI=1S/C9H21N2O.H2O/c1-6-11(5,7-2)8-12-10-9(3)4;/h6-8H2,1-5H3;1H2/q+1;/p-1. The average molecular weight is 190 g/mol. The normalized spacial score (nSPS) is 10.2. The second kappa shape index (κ2) is 6.86. The summed E-state index contributed by atoms with van der Waals surface area (Å²) in [7, 11) is 2.17. The van der Waals surface area contributed by atoms with Gasteiger partial charge in [-0.15, -0.1) is 0 Å². The van der Waals surface area contributed by atoms with Crippen molar-refractivity contribution in [2.75, 3.05) is 26.9 Å². The fourth-order valence-corrected chi connectivity index (χ4v) is 0.704. The zero-order valence-electron chi connectivity index (χ0n) is 9.37. The van der Waals surface area contributed by atoms with Gasteiger partial charge in [0.25, 0.3) is 0 Å². The second-order valence-corrected chi connectivity index (χ2v) is 3.55. The third-order valence-electron chi connectivity index (χ3n) is 2.14. The number of rotatable bonds is 5. The van der Waals surface area contributed by atoms with E-state index in [0.29, 0.717) is 6.73 Å². The molecule has 0 bridgehead atoms. The first-order valence-corrected chi connectivity index (χ1v) is 4.50. The minimum absolute atomic E-state index is 0.